The monoisotopic (exact) mass is 283 g/mol. The van der Waals surface area contributed by atoms with Crippen LogP contribution in [-0.2, 0) is 11.2 Å². The van der Waals surface area contributed by atoms with Gasteiger partial charge in [-0.25, -0.2) is 4.79 Å². The van der Waals surface area contributed by atoms with Crippen LogP contribution in [0.4, 0.5) is 4.79 Å². The number of imide groups is 1. The van der Waals surface area contributed by atoms with Crippen molar-refractivity contribution in [2.24, 2.45) is 5.73 Å². The van der Waals surface area contributed by atoms with E-state index in [0.29, 0.717) is 18.0 Å². The van der Waals surface area contributed by atoms with Gasteiger partial charge in [0.2, 0.25) is 5.91 Å². The van der Waals surface area contributed by atoms with Gasteiger partial charge in [0.05, 0.1) is 0 Å². The van der Waals surface area contributed by atoms with Crippen LogP contribution in [0, 0.1) is 0 Å². The van der Waals surface area contributed by atoms with Crippen LogP contribution >= 0.6 is 11.6 Å². The molecule has 1 aromatic rings. The fraction of sp³-hybridized carbons (Fsp3) is 0.385. The number of halogens is 1. The molecule has 0 aliphatic carbocycles. The number of nitrogens with two attached hydrogens (primary N) is 1. The first-order valence-electron chi connectivity index (χ1n) is 6.05. The van der Waals surface area contributed by atoms with Crippen molar-refractivity contribution in [3.05, 3.63) is 34.9 Å². The van der Waals surface area contributed by atoms with Gasteiger partial charge in [0.15, 0.2) is 0 Å². The molecule has 104 valence electrons. The lowest BCUT2D eigenvalue weighted by atomic mass is 10.1. The molecule has 0 saturated carbocycles. The summed E-state index contributed by atoms with van der Waals surface area (Å²) >= 11 is 6.01. The zero-order valence-electron chi connectivity index (χ0n) is 10.9. The number of hydrogen-bond acceptors (Lipinski definition) is 3. The molecule has 0 radical (unpaired) electrons. The standard InChI is InChI=1S/C13H18ClN3O2/c1-10(18)17(9-7-15)13(19)16-8-6-11-4-2-3-5-12(11)14/h2-5H,6-9,15H2,1H3,(H,16,19). The molecule has 0 unspecified atom stereocenters. The van der Waals surface area contributed by atoms with Crippen molar-refractivity contribution in [3.8, 4) is 0 Å². The Bertz CT molecular complexity index is 451. The maximum Gasteiger partial charge on any atom is 0.324 e. The van der Waals surface area contributed by atoms with Crippen LogP contribution in [-0.4, -0.2) is 36.5 Å². The smallest absolute Gasteiger partial charge is 0.324 e. The molecule has 0 saturated heterocycles. The fourth-order valence-corrected chi connectivity index (χ4v) is 1.86. The minimum atomic E-state index is -0.426. The number of nitrogens with one attached hydrogen (secondary N) is 1. The summed E-state index contributed by atoms with van der Waals surface area (Å²) in [6.45, 7) is 2.21. The third-order valence-electron chi connectivity index (χ3n) is 2.61. The van der Waals surface area contributed by atoms with E-state index in [9.17, 15) is 9.59 Å². The van der Waals surface area contributed by atoms with Gasteiger partial charge < -0.3 is 11.1 Å². The van der Waals surface area contributed by atoms with E-state index in [0.717, 1.165) is 10.5 Å². The predicted molar refractivity (Wildman–Crippen MR) is 75.0 cm³/mol. The average molecular weight is 284 g/mol. The highest BCUT2D eigenvalue weighted by Crippen LogP contribution is 2.14. The fourth-order valence-electron chi connectivity index (χ4n) is 1.63. The Morgan fingerprint density at radius 3 is 2.63 bits per heavy atom. The van der Waals surface area contributed by atoms with Crippen molar-refractivity contribution in [1.29, 1.82) is 0 Å². The van der Waals surface area contributed by atoms with E-state index in [4.69, 9.17) is 17.3 Å². The molecule has 0 spiro atoms. The zero-order valence-corrected chi connectivity index (χ0v) is 11.6. The predicted octanol–water partition coefficient (Wildman–Crippen LogP) is 1.40. The third-order valence-corrected chi connectivity index (χ3v) is 2.98. The third kappa shape index (κ3) is 4.89. The Morgan fingerprint density at radius 1 is 1.37 bits per heavy atom. The van der Waals surface area contributed by atoms with Crippen molar-refractivity contribution in [2.75, 3.05) is 19.6 Å². The molecule has 1 rings (SSSR count). The van der Waals surface area contributed by atoms with Crippen molar-refractivity contribution in [3.63, 3.8) is 0 Å². The molecule has 0 aliphatic rings. The number of carbonyl (C=O) groups excluding carboxylic acids is 2. The molecule has 3 N–H and O–H groups in total. The topological polar surface area (TPSA) is 75.4 Å². The lowest BCUT2D eigenvalue weighted by Crippen LogP contribution is -2.45. The van der Waals surface area contributed by atoms with Gasteiger partial charge in [0, 0.05) is 31.6 Å². The highest BCUT2D eigenvalue weighted by atomic mass is 35.5. The number of rotatable bonds is 5. The quantitative estimate of drug-likeness (QED) is 0.858. The van der Waals surface area contributed by atoms with Crippen LogP contribution in [0.2, 0.25) is 5.02 Å². The highest BCUT2D eigenvalue weighted by Gasteiger charge is 2.16. The lowest BCUT2D eigenvalue weighted by molar-refractivity contribution is -0.125. The molecule has 0 atom stereocenters. The van der Waals surface area contributed by atoms with Crippen LogP contribution in [0.3, 0.4) is 0 Å². The van der Waals surface area contributed by atoms with E-state index in [1.807, 2.05) is 18.2 Å². The Morgan fingerprint density at radius 2 is 2.05 bits per heavy atom. The molecule has 3 amide bonds. The summed E-state index contributed by atoms with van der Waals surface area (Å²) in [5.41, 5.74) is 6.31. The molecule has 5 nitrogen and oxygen atoms in total. The molecular formula is C13H18ClN3O2. The average Bonchev–Trinajstić information content (AvgIpc) is 2.37. The molecule has 0 aliphatic heterocycles. The van der Waals surface area contributed by atoms with Gasteiger partial charge >= 0.3 is 6.03 Å². The van der Waals surface area contributed by atoms with E-state index < -0.39 is 6.03 Å². The Labute approximate surface area is 117 Å². The molecule has 0 bridgehead atoms. The van der Waals surface area contributed by atoms with Gasteiger partial charge in [-0.3, -0.25) is 9.69 Å². The second-order valence-corrected chi connectivity index (χ2v) is 4.44. The molecule has 19 heavy (non-hydrogen) atoms. The van der Waals surface area contributed by atoms with Crippen LogP contribution in [0.15, 0.2) is 24.3 Å². The SMILES string of the molecule is CC(=O)N(CCN)C(=O)NCCc1ccccc1Cl. The van der Waals surface area contributed by atoms with Gasteiger partial charge in [0.25, 0.3) is 0 Å². The van der Waals surface area contributed by atoms with Gasteiger partial charge in [-0.1, -0.05) is 29.8 Å². The van der Waals surface area contributed by atoms with Crippen LogP contribution < -0.4 is 11.1 Å². The maximum atomic E-state index is 11.8. The second-order valence-electron chi connectivity index (χ2n) is 4.03. The first kappa shape index (κ1) is 15.5. The number of benzene rings is 1. The minimum absolute atomic E-state index is 0.216. The first-order valence-corrected chi connectivity index (χ1v) is 6.43. The van der Waals surface area contributed by atoms with E-state index in [-0.39, 0.29) is 19.0 Å². The van der Waals surface area contributed by atoms with Crippen LogP contribution in [0.5, 0.6) is 0 Å². The summed E-state index contributed by atoms with van der Waals surface area (Å²) in [5, 5.41) is 3.35. The van der Waals surface area contributed by atoms with Gasteiger partial charge in [-0.15, -0.1) is 0 Å². The van der Waals surface area contributed by atoms with Crippen molar-refractivity contribution in [1.82, 2.24) is 10.2 Å². The number of urea groups is 1. The van der Waals surface area contributed by atoms with E-state index in [2.05, 4.69) is 5.32 Å². The lowest BCUT2D eigenvalue weighted by Gasteiger charge is -2.18. The van der Waals surface area contributed by atoms with Gasteiger partial charge in [-0.05, 0) is 18.1 Å². The number of amides is 3. The van der Waals surface area contributed by atoms with Crippen LogP contribution in [0.1, 0.15) is 12.5 Å². The summed E-state index contributed by atoms with van der Waals surface area (Å²) in [7, 11) is 0. The summed E-state index contributed by atoms with van der Waals surface area (Å²) < 4.78 is 0. The molecule has 0 aromatic heterocycles. The summed E-state index contributed by atoms with van der Waals surface area (Å²) in [6, 6.07) is 7.01. The van der Waals surface area contributed by atoms with Crippen molar-refractivity contribution in [2.45, 2.75) is 13.3 Å². The van der Waals surface area contributed by atoms with Crippen LogP contribution in [0.25, 0.3) is 0 Å². The van der Waals surface area contributed by atoms with Gasteiger partial charge in [0.1, 0.15) is 0 Å². The Hall–Kier alpha value is -1.59. The highest BCUT2D eigenvalue weighted by molar-refractivity contribution is 6.31. The van der Waals surface area contributed by atoms with E-state index in [1.165, 1.54) is 6.92 Å². The Kier molecular flexibility index (Phi) is 6.32. The molecule has 1 aromatic carbocycles. The molecule has 6 heteroatoms. The second kappa shape index (κ2) is 7.76. The van der Waals surface area contributed by atoms with Gasteiger partial charge in [-0.2, -0.15) is 0 Å². The first-order chi connectivity index (χ1) is 9.06. The van der Waals surface area contributed by atoms with Crippen molar-refractivity contribution < 1.29 is 9.59 Å². The number of nitrogens with zero attached hydrogens (tertiary/aromatic N) is 1. The molecule has 0 heterocycles. The van der Waals surface area contributed by atoms with Crippen molar-refractivity contribution >= 4 is 23.5 Å². The molecule has 0 fully saturated rings. The van der Waals surface area contributed by atoms with E-state index in [1.54, 1.807) is 6.07 Å². The normalized spacial score (nSPS) is 10.1. The van der Waals surface area contributed by atoms with E-state index >= 15 is 0 Å². The largest absolute Gasteiger partial charge is 0.337 e. The summed E-state index contributed by atoms with van der Waals surface area (Å²) in [6.07, 6.45) is 0.611. The number of hydrogen-bond donors (Lipinski definition) is 2. The molecular weight excluding hydrogens is 266 g/mol. The maximum absolute atomic E-state index is 11.8. The summed E-state index contributed by atoms with van der Waals surface area (Å²) in [4.78, 5) is 24.1. The summed E-state index contributed by atoms with van der Waals surface area (Å²) in [5.74, 6) is -0.319. The minimum Gasteiger partial charge on any atom is -0.337 e. The zero-order chi connectivity index (χ0) is 14.3. The number of carbonyl (C=O) groups is 2. The Balaban J connectivity index is 2.46.